The van der Waals surface area contributed by atoms with Gasteiger partial charge in [-0.2, -0.15) is 5.10 Å². The fourth-order valence-electron chi connectivity index (χ4n) is 3.27. The molecule has 1 aromatic carbocycles. The van der Waals surface area contributed by atoms with Crippen LogP contribution in [0.4, 0.5) is 5.13 Å². The summed E-state index contributed by atoms with van der Waals surface area (Å²) in [6.07, 6.45) is 6.25. The van der Waals surface area contributed by atoms with E-state index in [4.69, 9.17) is 4.98 Å². The van der Waals surface area contributed by atoms with E-state index in [-0.39, 0.29) is 0 Å². The first-order valence-corrected chi connectivity index (χ1v) is 9.50. The second-order valence-electron chi connectivity index (χ2n) is 6.27. The first-order chi connectivity index (χ1) is 11.9. The van der Waals surface area contributed by atoms with Crippen molar-refractivity contribution in [2.75, 3.05) is 37.6 Å². The van der Waals surface area contributed by atoms with Crippen LogP contribution in [0.25, 0.3) is 10.2 Å². The topological polar surface area (TPSA) is 37.2 Å². The summed E-state index contributed by atoms with van der Waals surface area (Å²) in [5, 5.41) is 5.45. The summed E-state index contributed by atoms with van der Waals surface area (Å²) >= 11 is 1.82. The highest BCUT2D eigenvalue weighted by atomic mass is 32.1. The predicted molar refractivity (Wildman–Crippen MR) is 99.7 cm³/mol. The lowest BCUT2D eigenvalue weighted by atomic mass is 10.3. The summed E-state index contributed by atoms with van der Waals surface area (Å²) in [4.78, 5) is 9.85. The van der Waals surface area contributed by atoms with E-state index in [1.54, 1.807) is 0 Å². The summed E-state index contributed by atoms with van der Waals surface area (Å²) in [5.74, 6) is 0. The zero-order valence-corrected chi connectivity index (χ0v) is 14.7. The molecule has 2 aromatic heterocycles. The number of fused-ring (bicyclic) bond motifs is 1. The van der Waals surface area contributed by atoms with E-state index in [2.05, 4.69) is 39.2 Å². The number of rotatable bonds is 5. The molecule has 126 valence electrons. The molecule has 3 heterocycles. The second kappa shape index (κ2) is 7.32. The Morgan fingerprint density at radius 2 is 1.96 bits per heavy atom. The zero-order chi connectivity index (χ0) is 16.2. The average molecular weight is 341 g/mol. The van der Waals surface area contributed by atoms with Crippen LogP contribution in [0.2, 0.25) is 0 Å². The van der Waals surface area contributed by atoms with Gasteiger partial charge in [0.15, 0.2) is 5.13 Å². The van der Waals surface area contributed by atoms with Crippen molar-refractivity contribution in [1.29, 1.82) is 0 Å². The zero-order valence-electron chi connectivity index (χ0n) is 13.8. The van der Waals surface area contributed by atoms with Crippen molar-refractivity contribution in [1.82, 2.24) is 19.7 Å². The number of hydrogen-bond acceptors (Lipinski definition) is 5. The molecule has 0 amide bonds. The van der Waals surface area contributed by atoms with Crippen molar-refractivity contribution < 1.29 is 0 Å². The fourth-order valence-corrected chi connectivity index (χ4v) is 4.29. The van der Waals surface area contributed by atoms with E-state index >= 15 is 0 Å². The summed E-state index contributed by atoms with van der Waals surface area (Å²) in [6, 6.07) is 10.4. The lowest BCUT2D eigenvalue weighted by Crippen LogP contribution is -2.31. The molecule has 0 unspecified atom stereocenters. The number of benzene rings is 1. The molecule has 24 heavy (non-hydrogen) atoms. The number of aromatic nitrogens is 3. The molecule has 0 saturated carbocycles. The molecule has 1 aliphatic rings. The maximum atomic E-state index is 4.81. The molecular weight excluding hydrogens is 318 g/mol. The van der Waals surface area contributed by atoms with Crippen LogP contribution in [0.3, 0.4) is 0 Å². The van der Waals surface area contributed by atoms with E-state index in [1.165, 1.54) is 22.8 Å². The van der Waals surface area contributed by atoms with Crippen LogP contribution < -0.4 is 4.90 Å². The Morgan fingerprint density at radius 3 is 2.83 bits per heavy atom. The molecule has 0 spiro atoms. The summed E-state index contributed by atoms with van der Waals surface area (Å²) < 4.78 is 3.30. The van der Waals surface area contributed by atoms with Gasteiger partial charge in [0.05, 0.1) is 10.2 Å². The van der Waals surface area contributed by atoms with Crippen LogP contribution in [0.15, 0.2) is 42.7 Å². The van der Waals surface area contributed by atoms with Gasteiger partial charge in [-0.05, 0) is 44.1 Å². The fraction of sp³-hybridized carbons (Fsp3) is 0.444. The summed E-state index contributed by atoms with van der Waals surface area (Å²) in [5.41, 5.74) is 1.12. The number of thiazole rings is 1. The first-order valence-electron chi connectivity index (χ1n) is 8.69. The maximum absolute atomic E-state index is 4.81. The number of hydrogen-bond donors (Lipinski definition) is 0. The lowest BCUT2D eigenvalue weighted by Gasteiger charge is -2.21. The molecule has 0 atom stereocenters. The molecule has 4 rings (SSSR count). The Bertz CT molecular complexity index is 734. The molecule has 0 N–H and O–H groups in total. The van der Waals surface area contributed by atoms with E-state index < -0.39 is 0 Å². The second-order valence-corrected chi connectivity index (χ2v) is 7.28. The SMILES string of the molecule is c1ccc2sc(N3CCCN(CCCn4cccn4)CC3)nc2c1. The van der Waals surface area contributed by atoms with Gasteiger partial charge in [0.2, 0.25) is 0 Å². The van der Waals surface area contributed by atoms with Gasteiger partial charge in [0.25, 0.3) is 0 Å². The number of anilines is 1. The minimum atomic E-state index is 1.01. The molecule has 0 aliphatic carbocycles. The number of aryl methyl sites for hydroxylation is 1. The molecule has 0 radical (unpaired) electrons. The van der Waals surface area contributed by atoms with Crippen molar-refractivity contribution in [2.24, 2.45) is 0 Å². The predicted octanol–water partition coefficient (Wildman–Crippen LogP) is 3.10. The van der Waals surface area contributed by atoms with Gasteiger partial charge in [0, 0.05) is 38.6 Å². The molecule has 6 heteroatoms. The van der Waals surface area contributed by atoms with Gasteiger partial charge in [0.1, 0.15) is 0 Å². The van der Waals surface area contributed by atoms with Crippen LogP contribution in [0.1, 0.15) is 12.8 Å². The van der Waals surface area contributed by atoms with Crippen LogP contribution in [0, 0.1) is 0 Å². The minimum Gasteiger partial charge on any atom is -0.347 e. The molecule has 1 fully saturated rings. The van der Waals surface area contributed by atoms with Crippen LogP contribution in [-0.2, 0) is 6.54 Å². The van der Waals surface area contributed by atoms with Gasteiger partial charge in [-0.15, -0.1) is 0 Å². The Hall–Kier alpha value is -1.92. The van der Waals surface area contributed by atoms with Crippen LogP contribution >= 0.6 is 11.3 Å². The van der Waals surface area contributed by atoms with E-state index in [1.807, 2.05) is 34.5 Å². The quantitative estimate of drug-likeness (QED) is 0.715. The van der Waals surface area contributed by atoms with Crippen LogP contribution in [0.5, 0.6) is 0 Å². The van der Waals surface area contributed by atoms with Gasteiger partial charge in [-0.25, -0.2) is 4.98 Å². The highest BCUT2D eigenvalue weighted by molar-refractivity contribution is 7.22. The Labute approximate surface area is 146 Å². The molecule has 5 nitrogen and oxygen atoms in total. The lowest BCUT2D eigenvalue weighted by molar-refractivity contribution is 0.281. The van der Waals surface area contributed by atoms with E-state index in [0.717, 1.165) is 44.7 Å². The van der Waals surface area contributed by atoms with Gasteiger partial charge >= 0.3 is 0 Å². The first kappa shape index (κ1) is 15.6. The van der Waals surface area contributed by atoms with E-state index in [9.17, 15) is 0 Å². The standard InChI is InChI=1S/C18H23N5S/c1-2-7-17-16(6-1)20-18(24-17)22-11-4-9-21(14-15-22)10-5-13-23-12-3-8-19-23/h1-3,6-8,12H,4-5,9-11,13-15H2. The molecule has 1 saturated heterocycles. The van der Waals surface area contributed by atoms with Gasteiger partial charge in [-0.1, -0.05) is 23.5 Å². The van der Waals surface area contributed by atoms with Crippen molar-refractivity contribution in [3.63, 3.8) is 0 Å². The minimum absolute atomic E-state index is 1.01. The summed E-state index contributed by atoms with van der Waals surface area (Å²) in [6.45, 7) is 6.63. The highest BCUT2D eigenvalue weighted by Gasteiger charge is 2.17. The Kier molecular flexibility index (Phi) is 4.76. The highest BCUT2D eigenvalue weighted by Crippen LogP contribution is 2.29. The molecule has 0 bridgehead atoms. The molecule has 1 aliphatic heterocycles. The molecule has 3 aromatic rings. The third-order valence-electron chi connectivity index (χ3n) is 4.56. The van der Waals surface area contributed by atoms with Gasteiger partial charge < -0.3 is 9.80 Å². The average Bonchev–Trinajstić information content (AvgIpc) is 3.20. The van der Waals surface area contributed by atoms with Crippen molar-refractivity contribution >= 4 is 26.7 Å². The number of nitrogens with zero attached hydrogens (tertiary/aromatic N) is 5. The third kappa shape index (κ3) is 3.60. The smallest absolute Gasteiger partial charge is 0.186 e. The van der Waals surface area contributed by atoms with E-state index in [0.29, 0.717) is 0 Å². The van der Waals surface area contributed by atoms with Crippen molar-refractivity contribution in [2.45, 2.75) is 19.4 Å². The largest absolute Gasteiger partial charge is 0.347 e. The third-order valence-corrected chi connectivity index (χ3v) is 5.66. The van der Waals surface area contributed by atoms with Gasteiger partial charge in [-0.3, -0.25) is 4.68 Å². The summed E-state index contributed by atoms with van der Waals surface area (Å²) in [7, 11) is 0. The number of para-hydroxylation sites is 1. The Morgan fingerprint density at radius 1 is 1.00 bits per heavy atom. The molecular formula is C18H23N5S. The monoisotopic (exact) mass is 341 g/mol. The Balaban J connectivity index is 1.32. The van der Waals surface area contributed by atoms with Crippen LogP contribution in [-0.4, -0.2) is 52.4 Å². The van der Waals surface area contributed by atoms with Crippen molar-refractivity contribution in [3.8, 4) is 0 Å². The maximum Gasteiger partial charge on any atom is 0.186 e. The van der Waals surface area contributed by atoms with Crippen molar-refractivity contribution in [3.05, 3.63) is 42.7 Å². The normalized spacial score (nSPS) is 16.6.